The predicted molar refractivity (Wildman–Crippen MR) is 60.3 cm³/mol. The Morgan fingerprint density at radius 3 is 2.41 bits per heavy atom. The Morgan fingerprint density at radius 2 is 1.94 bits per heavy atom. The summed E-state index contributed by atoms with van der Waals surface area (Å²) in [5, 5.41) is 11.3. The highest BCUT2D eigenvalue weighted by atomic mass is 16.5. The molecule has 0 aliphatic carbocycles. The van der Waals surface area contributed by atoms with Crippen LogP contribution in [-0.4, -0.2) is 36.1 Å². The number of carbonyl (C=O) groups excluding carboxylic acids is 2. The summed E-state index contributed by atoms with van der Waals surface area (Å²) in [4.78, 5) is 33.1. The summed E-state index contributed by atoms with van der Waals surface area (Å²) in [6, 6.07) is -1.03. The van der Waals surface area contributed by atoms with Gasteiger partial charge in [0.05, 0.1) is 7.11 Å². The molecule has 0 aromatic carbocycles. The van der Waals surface area contributed by atoms with Crippen LogP contribution in [0.25, 0.3) is 0 Å². The molecule has 0 unspecified atom stereocenters. The second-order valence-electron chi connectivity index (χ2n) is 3.68. The summed E-state index contributed by atoms with van der Waals surface area (Å²) < 4.78 is 4.41. The van der Waals surface area contributed by atoms with Gasteiger partial charge in [-0.25, -0.2) is 4.79 Å². The minimum Gasteiger partial charge on any atom is -0.480 e. The van der Waals surface area contributed by atoms with Crippen LogP contribution in [0.3, 0.4) is 0 Å². The van der Waals surface area contributed by atoms with E-state index in [0.29, 0.717) is 6.42 Å². The molecule has 0 saturated heterocycles. The molecule has 0 aliphatic rings. The van der Waals surface area contributed by atoms with Crippen molar-refractivity contribution < 1.29 is 24.2 Å². The minimum absolute atomic E-state index is 0.0263. The number of rotatable bonds is 8. The molecule has 0 saturated carbocycles. The quantitative estimate of drug-likeness (QED) is 0.614. The molecule has 0 fully saturated rings. The lowest BCUT2D eigenvalue weighted by molar-refractivity contribution is -0.144. The third kappa shape index (κ3) is 7.32. The minimum atomic E-state index is -1.14. The molecule has 6 nitrogen and oxygen atoms in total. The maximum Gasteiger partial charge on any atom is 0.326 e. The number of hydrogen-bond donors (Lipinski definition) is 2. The van der Waals surface area contributed by atoms with Crippen LogP contribution in [-0.2, 0) is 19.1 Å². The Labute approximate surface area is 100 Å². The average Bonchev–Trinajstić information content (AvgIpc) is 2.30. The predicted octanol–water partition coefficient (Wildman–Crippen LogP) is 0.699. The van der Waals surface area contributed by atoms with Crippen LogP contribution in [0.15, 0.2) is 0 Å². The van der Waals surface area contributed by atoms with Gasteiger partial charge in [0.2, 0.25) is 5.91 Å². The normalized spacial score (nSPS) is 11.6. The van der Waals surface area contributed by atoms with Crippen molar-refractivity contribution in [2.24, 2.45) is 0 Å². The van der Waals surface area contributed by atoms with Crippen molar-refractivity contribution in [1.29, 1.82) is 0 Å². The highest BCUT2D eigenvalue weighted by molar-refractivity contribution is 5.83. The molecular formula is C11H19NO5. The lowest BCUT2D eigenvalue weighted by Crippen LogP contribution is -2.41. The molecule has 0 heterocycles. The van der Waals surface area contributed by atoms with Gasteiger partial charge >= 0.3 is 11.9 Å². The fourth-order valence-electron chi connectivity index (χ4n) is 1.23. The Balaban J connectivity index is 4.10. The molecule has 0 aromatic heterocycles. The first-order valence-corrected chi connectivity index (χ1v) is 5.60. The highest BCUT2D eigenvalue weighted by Gasteiger charge is 2.20. The standard InChI is InChI=1S/C11H19NO5/c1-3-4-5-9(13)12-8(11(15)16)6-7-10(14)17-2/h8H,3-7H2,1-2H3,(H,12,13)(H,15,16)/t8-/m1/s1. The van der Waals surface area contributed by atoms with Crippen molar-refractivity contribution in [3.05, 3.63) is 0 Å². The monoisotopic (exact) mass is 245 g/mol. The van der Waals surface area contributed by atoms with Gasteiger partial charge in [-0.15, -0.1) is 0 Å². The van der Waals surface area contributed by atoms with Gasteiger partial charge in [-0.1, -0.05) is 13.3 Å². The van der Waals surface area contributed by atoms with E-state index in [4.69, 9.17) is 5.11 Å². The third-order valence-electron chi connectivity index (χ3n) is 2.26. The number of hydrogen-bond acceptors (Lipinski definition) is 4. The molecule has 17 heavy (non-hydrogen) atoms. The van der Waals surface area contributed by atoms with Gasteiger partial charge in [0.1, 0.15) is 6.04 Å². The largest absolute Gasteiger partial charge is 0.480 e. The molecule has 0 spiro atoms. The summed E-state index contributed by atoms with van der Waals surface area (Å²) in [5.41, 5.74) is 0. The van der Waals surface area contributed by atoms with Crippen LogP contribution in [0.5, 0.6) is 0 Å². The topological polar surface area (TPSA) is 92.7 Å². The van der Waals surface area contributed by atoms with Crippen molar-refractivity contribution >= 4 is 17.8 Å². The zero-order valence-corrected chi connectivity index (χ0v) is 10.2. The van der Waals surface area contributed by atoms with Crippen molar-refractivity contribution in [2.45, 2.75) is 45.1 Å². The Hall–Kier alpha value is -1.59. The zero-order chi connectivity index (χ0) is 13.3. The molecule has 0 aliphatic heterocycles. The van der Waals surface area contributed by atoms with Crippen molar-refractivity contribution in [2.75, 3.05) is 7.11 Å². The number of carbonyl (C=O) groups is 3. The van der Waals surface area contributed by atoms with Crippen molar-refractivity contribution in [1.82, 2.24) is 5.32 Å². The van der Waals surface area contributed by atoms with Gasteiger partial charge in [-0.3, -0.25) is 9.59 Å². The number of aliphatic carboxylic acids is 1. The van der Waals surface area contributed by atoms with E-state index in [9.17, 15) is 14.4 Å². The van der Waals surface area contributed by atoms with Crippen LogP contribution in [0.4, 0.5) is 0 Å². The van der Waals surface area contributed by atoms with E-state index in [1.807, 2.05) is 6.92 Å². The lowest BCUT2D eigenvalue weighted by Gasteiger charge is -2.13. The number of methoxy groups -OCH3 is 1. The molecule has 1 atom stereocenters. The van der Waals surface area contributed by atoms with E-state index in [1.54, 1.807) is 0 Å². The molecule has 0 bridgehead atoms. The zero-order valence-electron chi connectivity index (χ0n) is 10.2. The highest BCUT2D eigenvalue weighted by Crippen LogP contribution is 2.01. The van der Waals surface area contributed by atoms with Gasteiger partial charge < -0.3 is 15.2 Å². The van der Waals surface area contributed by atoms with Crippen molar-refractivity contribution in [3.63, 3.8) is 0 Å². The second kappa shape index (κ2) is 8.55. The van der Waals surface area contributed by atoms with Gasteiger partial charge in [0, 0.05) is 12.8 Å². The number of esters is 1. The van der Waals surface area contributed by atoms with E-state index in [1.165, 1.54) is 7.11 Å². The van der Waals surface area contributed by atoms with Gasteiger partial charge in [0.15, 0.2) is 0 Å². The first kappa shape index (κ1) is 15.4. The van der Waals surface area contributed by atoms with E-state index in [-0.39, 0.29) is 18.7 Å². The summed E-state index contributed by atoms with van der Waals surface area (Å²) in [5.74, 6) is -1.93. The maximum absolute atomic E-state index is 11.3. The van der Waals surface area contributed by atoms with Crippen LogP contribution in [0.2, 0.25) is 0 Å². The maximum atomic E-state index is 11.3. The van der Waals surface area contributed by atoms with Gasteiger partial charge in [-0.05, 0) is 12.8 Å². The van der Waals surface area contributed by atoms with Gasteiger partial charge in [-0.2, -0.15) is 0 Å². The van der Waals surface area contributed by atoms with E-state index in [0.717, 1.165) is 12.8 Å². The molecule has 2 N–H and O–H groups in total. The van der Waals surface area contributed by atoms with E-state index in [2.05, 4.69) is 10.1 Å². The van der Waals surface area contributed by atoms with Crippen LogP contribution >= 0.6 is 0 Å². The fraction of sp³-hybridized carbons (Fsp3) is 0.727. The molecule has 0 radical (unpaired) electrons. The number of nitrogens with one attached hydrogen (secondary N) is 1. The summed E-state index contributed by atoms with van der Waals surface area (Å²) in [6.07, 6.45) is 1.91. The number of carboxylic acids is 1. The van der Waals surface area contributed by atoms with E-state index < -0.39 is 18.0 Å². The molecule has 6 heteroatoms. The Bertz CT molecular complexity index is 277. The summed E-state index contributed by atoms with van der Waals surface area (Å²) in [6.45, 7) is 1.94. The number of carboxylic acid groups (broad SMARTS) is 1. The molecule has 98 valence electrons. The SMILES string of the molecule is CCCCC(=O)N[C@H](CCC(=O)OC)C(=O)O. The van der Waals surface area contributed by atoms with Crippen LogP contribution in [0.1, 0.15) is 39.0 Å². The first-order chi connectivity index (χ1) is 8.01. The van der Waals surface area contributed by atoms with Crippen LogP contribution < -0.4 is 5.32 Å². The molecular weight excluding hydrogens is 226 g/mol. The fourth-order valence-corrected chi connectivity index (χ4v) is 1.23. The summed E-state index contributed by atoms with van der Waals surface area (Å²) in [7, 11) is 1.23. The Morgan fingerprint density at radius 1 is 1.29 bits per heavy atom. The third-order valence-corrected chi connectivity index (χ3v) is 2.26. The number of amides is 1. The Kier molecular flexibility index (Phi) is 7.75. The average molecular weight is 245 g/mol. The number of ether oxygens (including phenoxy) is 1. The van der Waals surface area contributed by atoms with E-state index >= 15 is 0 Å². The van der Waals surface area contributed by atoms with Gasteiger partial charge in [0.25, 0.3) is 0 Å². The molecule has 1 amide bonds. The molecule has 0 rings (SSSR count). The lowest BCUT2D eigenvalue weighted by atomic mass is 10.1. The smallest absolute Gasteiger partial charge is 0.326 e. The van der Waals surface area contributed by atoms with Crippen LogP contribution in [0, 0.1) is 0 Å². The summed E-state index contributed by atoms with van der Waals surface area (Å²) >= 11 is 0. The van der Waals surface area contributed by atoms with Crippen molar-refractivity contribution in [3.8, 4) is 0 Å². The number of unbranched alkanes of at least 4 members (excludes halogenated alkanes) is 1. The first-order valence-electron chi connectivity index (χ1n) is 5.60. The second-order valence-corrected chi connectivity index (χ2v) is 3.68. The molecule has 0 aromatic rings.